The first-order chi connectivity index (χ1) is 15.4. The van der Waals surface area contributed by atoms with Gasteiger partial charge < -0.3 is 4.90 Å². The summed E-state index contributed by atoms with van der Waals surface area (Å²) in [5, 5.41) is 0. The lowest BCUT2D eigenvalue weighted by molar-refractivity contribution is -0.120. The monoisotopic (exact) mass is 453 g/mol. The van der Waals surface area contributed by atoms with E-state index in [0.717, 1.165) is 56.6 Å². The number of anilines is 1. The van der Waals surface area contributed by atoms with Crippen molar-refractivity contribution in [2.75, 3.05) is 18.0 Å². The minimum Gasteiger partial charge on any atom is -0.309 e. The molecule has 2 aliphatic heterocycles. The number of benzene rings is 2. The molecule has 1 aliphatic carbocycles. The standard InChI is InChI=1S/C25H31N3O3S/c1-18-15-21-16-23(9-10-24(21)28(18)25(29)20-7-8-20)32(30,31)26-22-11-13-27(14-12-22)17-19-5-3-2-4-6-19/h2-6,9-10,16,18,20,22,26H,7-8,11-15,17H2,1H3. The molecule has 0 radical (unpaired) electrons. The lowest BCUT2D eigenvalue weighted by Gasteiger charge is -2.32. The Morgan fingerprint density at radius 2 is 1.75 bits per heavy atom. The summed E-state index contributed by atoms with van der Waals surface area (Å²) in [6.45, 7) is 4.69. The van der Waals surface area contributed by atoms with Gasteiger partial charge in [0.25, 0.3) is 0 Å². The molecule has 0 bridgehead atoms. The molecule has 1 N–H and O–H groups in total. The van der Waals surface area contributed by atoms with E-state index in [2.05, 4.69) is 33.9 Å². The summed E-state index contributed by atoms with van der Waals surface area (Å²) in [5.74, 6) is 0.341. The summed E-state index contributed by atoms with van der Waals surface area (Å²) in [4.78, 5) is 17.2. The Morgan fingerprint density at radius 3 is 2.44 bits per heavy atom. The van der Waals surface area contributed by atoms with Gasteiger partial charge in [-0.2, -0.15) is 0 Å². The smallest absolute Gasteiger partial charge is 0.240 e. The predicted molar refractivity (Wildman–Crippen MR) is 125 cm³/mol. The second-order valence-corrected chi connectivity index (χ2v) is 11.2. The number of fused-ring (bicyclic) bond motifs is 1. The molecular weight excluding hydrogens is 422 g/mol. The number of amides is 1. The highest BCUT2D eigenvalue weighted by Gasteiger charge is 2.40. The Balaban J connectivity index is 1.22. The molecule has 2 aromatic rings. The molecule has 1 unspecified atom stereocenters. The van der Waals surface area contributed by atoms with Gasteiger partial charge in [0.1, 0.15) is 0 Å². The van der Waals surface area contributed by atoms with Crippen molar-refractivity contribution in [2.45, 2.75) is 62.6 Å². The summed E-state index contributed by atoms with van der Waals surface area (Å²) < 4.78 is 29.1. The molecule has 7 heteroatoms. The Kier molecular flexibility index (Phi) is 5.82. The van der Waals surface area contributed by atoms with Crippen molar-refractivity contribution in [1.29, 1.82) is 0 Å². The van der Waals surface area contributed by atoms with Crippen molar-refractivity contribution in [1.82, 2.24) is 9.62 Å². The van der Waals surface area contributed by atoms with Crippen LogP contribution in [-0.2, 0) is 27.8 Å². The van der Waals surface area contributed by atoms with E-state index in [-0.39, 0.29) is 23.9 Å². The summed E-state index contributed by atoms with van der Waals surface area (Å²) in [5.41, 5.74) is 3.11. The largest absolute Gasteiger partial charge is 0.309 e. The van der Waals surface area contributed by atoms with Gasteiger partial charge in [0, 0.05) is 43.3 Å². The zero-order valence-electron chi connectivity index (χ0n) is 18.5. The minimum absolute atomic E-state index is 0.0489. The van der Waals surface area contributed by atoms with E-state index in [1.54, 1.807) is 12.1 Å². The second-order valence-electron chi connectivity index (χ2n) is 9.48. The van der Waals surface area contributed by atoms with Crippen molar-refractivity contribution in [3.63, 3.8) is 0 Å². The molecular formula is C25H31N3O3S. The van der Waals surface area contributed by atoms with Crippen LogP contribution in [0.1, 0.15) is 43.7 Å². The third kappa shape index (κ3) is 4.47. The topological polar surface area (TPSA) is 69.7 Å². The van der Waals surface area contributed by atoms with Crippen LogP contribution in [0, 0.1) is 5.92 Å². The van der Waals surface area contributed by atoms with Gasteiger partial charge in [-0.25, -0.2) is 13.1 Å². The van der Waals surface area contributed by atoms with E-state index in [0.29, 0.717) is 11.3 Å². The molecule has 170 valence electrons. The number of carbonyl (C=O) groups excluding carboxylic acids is 1. The first-order valence-electron chi connectivity index (χ1n) is 11.7. The third-order valence-corrected chi connectivity index (χ3v) is 8.42. The maximum absolute atomic E-state index is 13.1. The number of sulfonamides is 1. The van der Waals surface area contributed by atoms with Crippen LogP contribution in [0.5, 0.6) is 0 Å². The first kappa shape index (κ1) is 21.6. The van der Waals surface area contributed by atoms with Gasteiger partial charge in [0.15, 0.2) is 0 Å². The number of hydrogen-bond donors (Lipinski definition) is 1. The van der Waals surface area contributed by atoms with Gasteiger partial charge in [-0.3, -0.25) is 9.69 Å². The van der Waals surface area contributed by atoms with Gasteiger partial charge >= 0.3 is 0 Å². The lowest BCUT2D eigenvalue weighted by Crippen LogP contribution is -2.44. The van der Waals surface area contributed by atoms with Crippen LogP contribution in [0.3, 0.4) is 0 Å². The number of nitrogens with one attached hydrogen (secondary N) is 1. The van der Waals surface area contributed by atoms with Crippen molar-refractivity contribution in [3.05, 3.63) is 59.7 Å². The summed E-state index contributed by atoms with van der Waals surface area (Å²) in [7, 11) is -3.59. The maximum Gasteiger partial charge on any atom is 0.240 e. The van der Waals surface area contributed by atoms with Crippen LogP contribution < -0.4 is 9.62 Å². The van der Waals surface area contributed by atoms with Crippen LogP contribution in [0.4, 0.5) is 5.69 Å². The average molecular weight is 454 g/mol. The van der Waals surface area contributed by atoms with Gasteiger partial charge in [0.2, 0.25) is 15.9 Å². The van der Waals surface area contributed by atoms with Crippen molar-refractivity contribution in [2.24, 2.45) is 5.92 Å². The fraction of sp³-hybridized carbons (Fsp3) is 0.480. The lowest BCUT2D eigenvalue weighted by atomic mass is 10.1. The molecule has 1 amide bonds. The van der Waals surface area contributed by atoms with Gasteiger partial charge in [-0.15, -0.1) is 0 Å². The molecule has 2 fully saturated rings. The Labute approximate surface area is 190 Å². The molecule has 6 nitrogen and oxygen atoms in total. The molecule has 3 aliphatic rings. The van der Waals surface area contributed by atoms with Crippen LogP contribution in [0.25, 0.3) is 0 Å². The van der Waals surface area contributed by atoms with Crippen LogP contribution >= 0.6 is 0 Å². The molecule has 2 heterocycles. The highest BCUT2D eigenvalue weighted by atomic mass is 32.2. The molecule has 0 aromatic heterocycles. The molecule has 2 aromatic carbocycles. The predicted octanol–water partition coefficient (Wildman–Crippen LogP) is 3.32. The maximum atomic E-state index is 13.1. The first-order valence-corrected chi connectivity index (χ1v) is 13.1. The molecule has 1 atom stereocenters. The zero-order valence-corrected chi connectivity index (χ0v) is 19.4. The van der Waals surface area contributed by atoms with Crippen molar-refractivity contribution in [3.8, 4) is 0 Å². The molecule has 0 spiro atoms. The Morgan fingerprint density at radius 1 is 1.03 bits per heavy atom. The van der Waals surface area contributed by atoms with Crippen LogP contribution in [-0.4, -0.2) is 44.4 Å². The minimum atomic E-state index is -3.59. The van der Waals surface area contributed by atoms with E-state index in [4.69, 9.17) is 0 Å². The highest BCUT2D eigenvalue weighted by Crippen LogP contribution is 2.39. The SMILES string of the molecule is CC1Cc2cc(S(=O)(=O)NC3CCN(Cc4ccccc4)CC3)ccc2N1C(=O)C1CC1. The number of piperidine rings is 1. The Bertz CT molecular complexity index is 1090. The molecule has 1 saturated heterocycles. The zero-order chi connectivity index (χ0) is 22.3. The van der Waals surface area contributed by atoms with E-state index >= 15 is 0 Å². The summed E-state index contributed by atoms with van der Waals surface area (Å²) in [6, 6.07) is 15.6. The Hall–Kier alpha value is -2.22. The quantitative estimate of drug-likeness (QED) is 0.729. The summed E-state index contributed by atoms with van der Waals surface area (Å²) >= 11 is 0. The van der Waals surface area contributed by atoms with E-state index in [1.807, 2.05) is 24.0 Å². The normalized spacial score (nSPS) is 22.2. The number of nitrogens with zero attached hydrogens (tertiary/aromatic N) is 2. The average Bonchev–Trinajstić information content (AvgIpc) is 3.57. The third-order valence-electron chi connectivity index (χ3n) is 6.90. The van der Waals surface area contributed by atoms with E-state index in [9.17, 15) is 13.2 Å². The van der Waals surface area contributed by atoms with Gasteiger partial charge in [0.05, 0.1) is 4.90 Å². The van der Waals surface area contributed by atoms with Gasteiger partial charge in [-0.1, -0.05) is 30.3 Å². The molecule has 5 rings (SSSR count). The van der Waals surface area contributed by atoms with Crippen molar-refractivity contribution < 1.29 is 13.2 Å². The number of carbonyl (C=O) groups is 1. The van der Waals surface area contributed by atoms with Crippen LogP contribution in [0.2, 0.25) is 0 Å². The fourth-order valence-corrected chi connectivity index (χ4v) is 6.33. The van der Waals surface area contributed by atoms with Crippen LogP contribution in [0.15, 0.2) is 53.4 Å². The highest BCUT2D eigenvalue weighted by molar-refractivity contribution is 7.89. The molecule has 32 heavy (non-hydrogen) atoms. The van der Waals surface area contributed by atoms with E-state index < -0.39 is 10.0 Å². The molecule has 1 saturated carbocycles. The van der Waals surface area contributed by atoms with Crippen molar-refractivity contribution >= 4 is 21.6 Å². The summed E-state index contributed by atoms with van der Waals surface area (Å²) in [6.07, 6.45) is 4.25. The number of hydrogen-bond acceptors (Lipinski definition) is 4. The fourth-order valence-electron chi connectivity index (χ4n) is 4.98. The number of likely N-dealkylation sites (tertiary alicyclic amines) is 1. The number of rotatable bonds is 6. The van der Waals surface area contributed by atoms with Gasteiger partial charge in [-0.05, 0) is 68.4 Å². The second kappa shape index (κ2) is 8.61. The van der Waals surface area contributed by atoms with E-state index in [1.165, 1.54) is 5.56 Å².